The highest BCUT2D eigenvalue weighted by molar-refractivity contribution is 5.96. The first-order chi connectivity index (χ1) is 20.0. The fourth-order valence-corrected chi connectivity index (χ4v) is 5.07. The van der Waals surface area contributed by atoms with Gasteiger partial charge in [-0.1, -0.05) is 12.1 Å². The fraction of sp³-hybridized carbons (Fsp3) is 0.414. The van der Waals surface area contributed by atoms with Crippen molar-refractivity contribution in [3.8, 4) is 11.5 Å². The normalized spacial score (nSPS) is 20.9. The number of halogens is 6. The smallest absolute Gasteiger partial charge is 0.416 e. The van der Waals surface area contributed by atoms with Gasteiger partial charge in [-0.3, -0.25) is 15.2 Å². The van der Waals surface area contributed by atoms with E-state index in [2.05, 4.69) is 10.2 Å². The Hall–Kier alpha value is -3.55. The molecular formula is C29H30F6N4O3. The standard InChI is InChI=1S/C29H30F6N4O3/c1-40-23-6-5-20(16-24(23)42-13-10-38-8-11-41-12-9-38)26-27(39-7-3-2-4-25(39)37-26)36-18-19-14-21(28(30,31)32)17-22(15-19)29(33,34)35/h2-7,14-17,26-27,36H,8-13,18H2,1H3. The summed E-state index contributed by atoms with van der Waals surface area (Å²) in [7, 11) is 1.53. The maximum absolute atomic E-state index is 13.4. The molecule has 1 fully saturated rings. The molecule has 5 rings (SSSR count). The summed E-state index contributed by atoms with van der Waals surface area (Å²) >= 11 is 0. The molecule has 2 unspecified atom stereocenters. The molecule has 0 aliphatic carbocycles. The van der Waals surface area contributed by atoms with E-state index in [4.69, 9.17) is 19.2 Å². The molecule has 2 aromatic carbocycles. The van der Waals surface area contributed by atoms with Gasteiger partial charge < -0.3 is 19.1 Å². The summed E-state index contributed by atoms with van der Waals surface area (Å²) in [5.41, 5.74) is -2.13. The summed E-state index contributed by atoms with van der Waals surface area (Å²) in [5.74, 6) is 1.63. The summed E-state index contributed by atoms with van der Waals surface area (Å²) < 4.78 is 97.4. The lowest BCUT2D eigenvalue weighted by Gasteiger charge is -2.29. The van der Waals surface area contributed by atoms with Crippen LogP contribution in [-0.2, 0) is 23.6 Å². The van der Waals surface area contributed by atoms with Crippen molar-refractivity contribution in [3.05, 3.63) is 83.1 Å². The van der Waals surface area contributed by atoms with Gasteiger partial charge in [0.25, 0.3) is 0 Å². The van der Waals surface area contributed by atoms with Crippen molar-refractivity contribution in [2.24, 2.45) is 4.99 Å². The third-order valence-electron chi connectivity index (χ3n) is 7.20. The van der Waals surface area contributed by atoms with Gasteiger partial charge >= 0.3 is 12.4 Å². The van der Waals surface area contributed by atoms with E-state index in [0.29, 0.717) is 43.7 Å². The van der Waals surface area contributed by atoms with Crippen LogP contribution in [0.4, 0.5) is 26.3 Å². The van der Waals surface area contributed by atoms with Crippen molar-refractivity contribution in [2.75, 3.05) is 46.6 Å². The van der Waals surface area contributed by atoms with Gasteiger partial charge in [0.1, 0.15) is 24.7 Å². The Morgan fingerprint density at radius 3 is 2.33 bits per heavy atom. The zero-order valence-electron chi connectivity index (χ0n) is 22.7. The minimum Gasteiger partial charge on any atom is -0.493 e. The second kappa shape index (κ2) is 12.4. The summed E-state index contributed by atoms with van der Waals surface area (Å²) in [4.78, 5) is 8.83. The molecule has 0 amide bonds. The number of nitrogens with one attached hydrogen (secondary N) is 1. The van der Waals surface area contributed by atoms with Gasteiger partial charge in [0, 0.05) is 32.4 Å². The minimum absolute atomic E-state index is 0.124. The minimum atomic E-state index is -4.93. The Morgan fingerprint density at radius 2 is 1.67 bits per heavy atom. The Balaban J connectivity index is 1.38. The molecule has 226 valence electrons. The van der Waals surface area contributed by atoms with Crippen LogP contribution in [0, 0.1) is 0 Å². The number of aliphatic imine (C=N–C) groups is 1. The summed E-state index contributed by atoms with van der Waals surface area (Å²) in [5, 5.41) is 3.14. The lowest BCUT2D eigenvalue weighted by molar-refractivity contribution is -0.143. The molecule has 1 N–H and O–H groups in total. The van der Waals surface area contributed by atoms with Crippen molar-refractivity contribution in [3.63, 3.8) is 0 Å². The molecular weight excluding hydrogens is 566 g/mol. The van der Waals surface area contributed by atoms with Crippen LogP contribution >= 0.6 is 0 Å². The third kappa shape index (κ3) is 6.90. The predicted molar refractivity (Wildman–Crippen MR) is 143 cm³/mol. The van der Waals surface area contributed by atoms with Gasteiger partial charge in [-0.15, -0.1) is 0 Å². The number of alkyl halides is 6. The van der Waals surface area contributed by atoms with Crippen LogP contribution in [0.5, 0.6) is 11.5 Å². The quantitative estimate of drug-likeness (QED) is 0.392. The lowest BCUT2D eigenvalue weighted by atomic mass is 10.0. The third-order valence-corrected chi connectivity index (χ3v) is 7.20. The molecule has 42 heavy (non-hydrogen) atoms. The van der Waals surface area contributed by atoms with Crippen molar-refractivity contribution >= 4 is 5.84 Å². The Labute approximate surface area is 239 Å². The Kier molecular flexibility index (Phi) is 8.81. The molecule has 7 nitrogen and oxygen atoms in total. The highest BCUT2D eigenvalue weighted by atomic mass is 19.4. The second-order valence-corrected chi connectivity index (χ2v) is 9.99. The maximum atomic E-state index is 13.4. The van der Waals surface area contributed by atoms with E-state index in [-0.39, 0.29) is 18.2 Å². The molecule has 3 aliphatic heterocycles. The van der Waals surface area contributed by atoms with Gasteiger partial charge in [0.05, 0.1) is 31.5 Å². The van der Waals surface area contributed by atoms with Gasteiger partial charge in [-0.2, -0.15) is 26.3 Å². The maximum Gasteiger partial charge on any atom is 0.416 e. The number of allylic oxidation sites excluding steroid dienone is 2. The molecule has 0 saturated carbocycles. The molecule has 1 saturated heterocycles. The van der Waals surface area contributed by atoms with E-state index < -0.39 is 35.7 Å². The zero-order valence-corrected chi connectivity index (χ0v) is 22.7. The summed E-state index contributed by atoms with van der Waals surface area (Å²) in [6.07, 6.45) is -3.34. The van der Waals surface area contributed by atoms with Gasteiger partial charge in [0.2, 0.25) is 0 Å². The second-order valence-electron chi connectivity index (χ2n) is 9.99. The molecule has 2 aromatic rings. The summed E-state index contributed by atoms with van der Waals surface area (Å²) in [6.45, 7) is 3.84. The number of ether oxygens (including phenoxy) is 3. The predicted octanol–water partition coefficient (Wildman–Crippen LogP) is 5.40. The number of nitrogens with zero attached hydrogens (tertiary/aromatic N) is 3. The Morgan fingerprint density at radius 1 is 0.952 bits per heavy atom. The van der Waals surface area contributed by atoms with Gasteiger partial charge in [-0.25, -0.2) is 0 Å². The molecule has 0 spiro atoms. The number of hydrogen-bond donors (Lipinski definition) is 1. The SMILES string of the molecule is COc1ccc(C2N=C3C=CC=CN3C2NCc2cc(C(F)(F)F)cc(C(F)(F)F)c2)cc1OCCN1CCOCC1. The van der Waals surface area contributed by atoms with E-state index in [0.717, 1.165) is 30.8 Å². The van der Waals surface area contributed by atoms with Crippen molar-refractivity contribution in [1.82, 2.24) is 15.1 Å². The van der Waals surface area contributed by atoms with E-state index >= 15 is 0 Å². The van der Waals surface area contributed by atoms with Crippen LogP contribution in [-0.4, -0.2) is 68.4 Å². The highest BCUT2D eigenvalue weighted by Gasteiger charge is 2.38. The van der Waals surface area contributed by atoms with Crippen molar-refractivity contribution in [2.45, 2.75) is 31.1 Å². The topological polar surface area (TPSA) is 58.6 Å². The van der Waals surface area contributed by atoms with Crippen LogP contribution in [0.2, 0.25) is 0 Å². The van der Waals surface area contributed by atoms with Crippen LogP contribution in [0.3, 0.4) is 0 Å². The fourth-order valence-electron chi connectivity index (χ4n) is 5.07. The lowest BCUT2D eigenvalue weighted by Crippen LogP contribution is -2.44. The molecule has 3 aliphatic rings. The first kappa shape index (κ1) is 29.9. The average Bonchev–Trinajstić information content (AvgIpc) is 3.34. The first-order valence-electron chi connectivity index (χ1n) is 13.4. The van der Waals surface area contributed by atoms with Crippen LogP contribution in [0.1, 0.15) is 28.3 Å². The molecule has 2 atom stereocenters. The molecule has 3 heterocycles. The molecule has 0 aromatic heterocycles. The summed E-state index contributed by atoms with van der Waals surface area (Å²) in [6, 6.07) is 6.41. The number of hydrogen-bond acceptors (Lipinski definition) is 7. The zero-order chi connectivity index (χ0) is 29.9. The van der Waals surface area contributed by atoms with Gasteiger partial charge in [-0.05, 0) is 53.6 Å². The monoisotopic (exact) mass is 596 g/mol. The Bertz CT molecular complexity index is 1320. The number of fused-ring (bicyclic) bond motifs is 1. The van der Waals surface area contributed by atoms with Crippen LogP contribution in [0.15, 0.2) is 65.8 Å². The van der Waals surface area contributed by atoms with E-state index in [1.54, 1.807) is 41.5 Å². The van der Waals surface area contributed by atoms with E-state index in [1.165, 1.54) is 7.11 Å². The number of morpholine rings is 1. The molecule has 0 bridgehead atoms. The largest absolute Gasteiger partial charge is 0.493 e. The van der Waals surface area contributed by atoms with E-state index in [1.807, 2.05) is 6.07 Å². The number of rotatable bonds is 9. The van der Waals surface area contributed by atoms with E-state index in [9.17, 15) is 26.3 Å². The molecule has 13 heteroatoms. The molecule has 0 radical (unpaired) electrons. The van der Waals surface area contributed by atoms with Gasteiger partial charge in [0.15, 0.2) is 11.5 Å². The highest BCUT2D eigenvalue weighted by Crippen LogP contribution is 2.39. The number of methoxy groups -OCH3 is 1. The number of benzene rings is 2. The average molecular weight is 597 g/mol. The van der Waals surface area contributed by atoms with Crippen molar-refractivity contribution < 1.29 is 40.6 Å². The number of amidine groups is 1. The van der Waals surface area contributed by atoms with Crippen LogP contribution < -0.4 is 14.8 Å². The van der Waals surface area contributed by atoms with Crippen LogP contribution in [0.25, 0.3) is 0 Å². The van der Waals surface area contributed by atoms with Crippen molar-refractivity contribution in [1.29, 1.82) is 0 Å². The first-order valence-corrected chi connectivity index (χ1v) is 13.4.